The molecule has 0 spiro atoms. The van der Waals surface area contributed by atoms with Gasteiger partial charge in [0.25, 0.3) is 0 Å². The second-order valence-electron chi connectivity index (χ2n) is 7.40. The fourth-order valence-corrected chi connectivity index (χ4v) is 3.08. The normalized spacial score (nSPS) is 12.2. The zero-order valence-electron chi connectivity index (χ0n) is 16.8. The van der Waals surface area contributed by atoms with E-state index in [-0.39, 0.29) is 17.1 Å². The minimum atomic E-state index is -4.56. The van der Waals surface area contributed by atoms with E-state index < -0.39 is 29.3 Å². The van der Waals surface area contributed by atoms with E-state index in [1.165, 1.54) is 18.3 Å². The average Bonchev–Trinajstić information content (AvgIpc) is 3.25. The van der Waals surface area contributed by atoms with Gasteiger partial charge in [0.15, 0.2) is 11.5 Å². The molecule has 0 radical (unpaired) electrons. The van der Waals surface area contributed by atoms with Crippen LogP contribution in [0.25, 0.3) is 17.1 Å². The lowest BCUT2D eigenvalue weighted by Gasteiger charge is -2.24. The molecule has 4 rings (SSSR count). The van der Waals surface area contributed by atoms with Gasteiger partial charge in [0.1, 0.15) is 0 Å². The monoisotopic (exact) mass is 446 g/mol. The molecule has 0 saturated heterocycles. The van der Waals surface area contributed by atoms with E-state index in [1.54, 1.807) is 24.3 Å². The van der Waals surface area contributed by atoms with Crippen molar-refractivity contribution in [3.63, 3.8) is 0 Å². The molecule has 4 aromatic heterocycles. The van der Waals surface area contributed by atoms with Crippen LogP contribution in [0, 0.1) is 12.0 Å². The van der Waals surface area contributed by atoms with Gasteiger partial charge >= 0.3 is 12.3 Å². The molecule has 32 heavy (non-hydrogen) atoms. The summed E-state index contributed by atoms with van der Waals surface area (Å²) in [5, 5.41) is 3.55. The summed E-state index contributed by atoms with van der Waals surface area (Å²) in [7, 11) is 0. The summed E-state index contributed by atoms with van der Waals surface area (Å²) in [4.78, 5) is 15.4. The molecular weight excluding hydrogens is 431 g/mol. The molecular formula is C21H15F5N6. The lowest BCUT2D eigenvalue weighted by atomic mass is 9.84. The summed E-state index contributed by atoms with van der Waals surface area (Å²) >= 11 is 0. The third-order valence-corrected chi connectivity index (χ3v) is 4.87. The van der Waals surface area contributed by atoms with Crippen molar-refractivity contribution in [1.82, 2.24) is 29.7 Å². The second kappa shape index (κ2) is 7.74. The Hall–Kier alpha value is -3.76. The van der Waals surface area contributed by atoms with Crippen molar-refractivity contribution < 1.29 is 22.0 Å². The van der Waals surface area contributed by atoms with Crippen molar-refractivity contribution in [2.45, 2.75) is 25.4 Å². The summed E-state index contributed by atoms with van der Waals surface area (Å²) in [6.07, 6.45) is -3.56. The molecule has 0 atom stereocenters. The van der Waals surface area contributed by atoms with Crippen molar-refractivity contribution in [2.75, 3.05) is 0 Å². The van der Waals surface area contributed by atoms with Gasteiger partial charge in [-0.05, 0) is 44.2 Å². The Morgan fingerprint density at radius 3 is 2.16 bits per heavy atom. The van der Waals surface area contributed by atoms with Gasteiger partial charge in [-0.25, -0.2) is 14.6 Å². The Kier molecular flexibility index (Phi) is 5.19. The summed E-state index contributed by atoms with van der Waals surface area (Å²) in [6, 6.07) is 10.6. The van der Waals surface area contributed by atoms with Crippen molar-refractivity contribution in [3.05, 3.63) is 84.0 Å². The Morgan fingerprint density at radius 2 is 1.50 bits per heavy atom. The van der Waals surface area contributed by atoms with Crippen molar-refractivity contribution >= 4 is 0 Å². The molecule has 0 aliphatic rings. The van der Waals surface area contributed by atoms with Crippen LogP contribution in [0.1, 0.15) is 30.9 Å². The van der Waals surface area contributed by atoms with E-state index in [4.69, 9.17) is 0 Å². The van der Waals surface area contributed by atoms with Gasteiger partial charge in [0, 0.05) is 17.8 Å². The topological polar surface area (TPSA) is 69.4 Å². The average molecular weight is 446 g/mol. The van der Waals surface area contributed by atoms with E-state index in [9.17, 15) is 22.0 Å². The molecule has 0 aliphatic heterocycles. The van der Waals surface area contributed by atoms with E-state index >= 15 is 0 Å². The predicted molar refractivity (Wildman–Crippen MR) is 104 cm³/mol. The highest BCUT2D eigenvalue weighted by atomic mass is 19.4. The molecule has 0 saturated carbocycles. The number of aromatic nitrogens is 6. The Labute approximate surface area is 178 Å². The van der Waals surface area contributed by atoms with Crippen molar-refractivity contribution in [3.8, 4) is 17.1 Å². The summed E-state index contributed by atoms with van der Waals surface area (Å²) in [5.41, 5.74) is -0.710. The smallest absolute Gasteiger partial charge is 0.252 e. The summed E-state index contributed by atoms with van der Waals surface area (Å²) < 4.78 is 66.8. The molecule has 0 aromatic carbocycles. The number of alkyl halides is 3. The molecule has 164 valence electrons. The van der Waals surface area contributed by atoms with Crippen molar-refractivity contribution in [2.24, 2.45) is 0 Å². The van der Waals surface area contributed by atoms with Gasteiger partial charge < -0.3 is 0 Å². The Morgan fingerprint density at radius 1 is 0.812 bits per heavy atom. The van der Waals surface area contributed by atoms with E-state index in [1.807, 2.05) is 13.8 Å². The number of pyridine rings is 2. The molecule has 0 N–H and O–H groups in total. The van der Waals surface area contributed by atoms with Crippen LogP contribution in [0.3, 0.4) is 0 Å². The van der Waals surface area contributed by atoms with Gasteiger partial charge in [-0.1, -0.05) is 12.1 Å². The van der Waals surface area contributed by atoms with Gasteiger partial charge in [-0.15, -0.1) is 0 Å². The minimum Gasteiger partial charge on any atom is -0.252 e. The lowest BCUT2D eigenvalue weighted by Crippen LogP contribution is -2.23. The summed E-state index contributed by atoms with van der Waals surface area (Å²) in [5.74, 6) is -0.848. The van der Waals surface area contributed by atoms with Gasteiger partial charge in [-0.2, -0.15) is 32.0 Å². The molecule has 0 fully saturated rings. The zero-order chi connectivity index (χ0) is 23.1. The van der Waals surface area contributed by atoms with E-state index in [2.05, 4.69) is 25.0 Å². The van der Waals surface area contributed by atoms with Crippen molar-refractivity contribution in [1.29, 1.82) is 0 Å². The fraction of sp³-hybridized carbons (Fsp3) is 0.190. The van der Waals surface area contributed by atoms with Gasteiger partial charge in [-0.3, -0.25) is 4.98 Å². The van der Waals surface area contributed by atoms with Crippen LogP contribution in [0.2, 0.25) is 0 Å². The van der Waals surface area contributed by atoms with Gasteiger partial charge in [0.2, 0.25) is 5.95 Å². The first-order valence-electron chi connectivity index (χ1n) is 9.32. The minimum absolute atomic E-state index is 0.0676. The third-order valence-electron chi connectivity index (χ3n) is 4.87. The number of hydrogen-bond acceptors (Lipinski definition) is 5. The molecule has 4 heterocycles. The second-order valence-corrected chi connectivity index (χ2v) is 7.40. The van der Waals surface area contributed by atoms with Crippen LogP contribution in [0.15, 0.2) is 54.9 Å². The number of rotatable bonds is 4. The highest BCUT2D eigenvalue weighted by molar-refractivity contribution is 5.58. The Bertz CT molecular complexity index is 1280. The first-order chi connectivity index (χ1) is 15.1. The standard InChI is InChI=1S/C21H15F5N6/c1-20(2,14-6-3-5-13(28-14)12-11-27-19(23)30-18(12)22)15-7-4-8-17(29-15)32-10-9-16(31-32)21(24,25)26/h3-11H,1-2H3. The molecule has 0 unspecified atom stereocenters. The highest BCUT2D eigenvalue weighted by Gasteiger charge is 2.34. The maximum absolute atomic E-state index is 14.1. The Balaban J connectivity index is 1.71. The zero-order valence-corrected chi connectivity index (χ0v) is 16.8. The van der Waals surface area contributed by atoms with Crippen LogP contribution in [-0.4, -0.2) is 29.7 Å². The van der Waals surface area contributed by atoms with E-state index in [0.717, 1.165) is 16.9 Å². The fourth-order valence-electron chi connectivity index (χ4n) is 3.08. The molecule has 0 amide bonds. The van der Waals surface area contributed by atoms with Crippen LogP contribution in [-0.2, 0) is 11.6 Å². The van der Waals surface area contributed by atoms with Gasteiger partial charge in [0.05, 0.1) is 22.6 Å². The van der Waals surface area contributed by atoms with Crippen LogP contribution in [0.4, 0.5) is 22.0 Å². The largest absolute Gasteiger partial charge is 0.435 e. The van der Waals surface area contributed by atoms with Crippen LogP contribution in [0.5, 0.6) is 0 Å². The lowest BCUT2D eigenvalue weighted by molar-refractivity contribution is -0.141. The van der Waals surface area contributed by atoms with Crippen LogP contribution < -0.4 is 0 Å². The quantitative estimate of drug-likeness (QED) is 0.257. The first-order valence-corrected chi connectivity index (χ1v) is 9.32. The maximum atomic E-state index is 14.1. The molecule has 11 heteroatoms. The number of nitrogens with zero attached hydrogens (tertiary/aromatic N) is 6. The molecule has 4 aromatic rings. The summed E-state index contributed by atoms with van der Waals surface area (Å²) in [6.45, 7) is 3.62. The predicted octanol–water partition coefficient (Wildman–Crippen LogP) is 4.74. The molecule has 0 bridgehead atoms. The van der Waals surface area contributed by atoms with Crippen LogP contribution >= 0.6 is 0 Å². The molecule has 0 aliphatic carbocycles. The molecule has 6 nitrogen and oxygen atoms in total. The van der Waals surface area contributed by atoms with E-state index in [0.29, 0.717) is 11.4 Å². The SMILES string of the molecule is CC(C)(c1cccc(-c2cnc(F)nc2F)n1)c1cccc(-n2ccc(C(F)(F)F)n2)n1. The third kappa shape index (κ3) is 4.05. The number of hydrogen-bond donors (Lipinski definition) is 0. The maximum Gasteiger partial charge on any atom is 0.435 e. The highest BCUT2D eigenvalue weighted by Crippen LogP contribution is 2.32. The first kappa shape index (κ1) is 21.5. The number of halogens is 5.